The van der Waals surface area contributed by atoms with Crippen LogP contribution in [0.2, 0.25) is 0 Å². The van der Waals surface area contributed by atoms with E-state index in [0.29, 0.717) is 6.42 Å². The van der Waals surface area contributed by atoms with Crippen LogP contribution in [-0.4, -0.2) is 30.5 Å². The summed E-state index contributed by atoms with van der Waals surface area (Å²) in [6, 6.07) is 0. The zero-order chi connectivity index (χ0) is 11.0. The van der Waals surface area contributed by atoms with Gasteiger partial charge in [-0.25, -0.2) is 0 Å². The van der Waals surface area contributed by atoms with Crippen molar-refractivity contribution in [1.82, 2.24) is 0 Å². The molecule has 0 spiro atoms. The average Bonchev–Trinajstić information content (AvgIpc) is 2.22. The van der Waals surface area contributed by atoms with E-state index in [4.69, 9.17) is 21.1 Å². The number of carbonyl (C=O) groups excluding carboxylic acids is 2. The minimum Gasteiger partial charge on any atom is -0.462 e. The van der Waals surface area contributed by atoms with Crippen LogP contribution in [0.1, 0.15) is 26.7 Å². The predicted molar refractivity (Wildman–Crippen MR) is 52.1 cm³/mol. The van der Waals surface area contributed by atoms with Gasteiger partial charge in [0, 0.05) is 12.8 Å². The van der Waals surface area contributed by atoms with Gasteiger partial charge < -0.3 is 9.47 Å². The zero-order valence-corrected chi connectivity index (χ0v) is 9.17. The topological polar surface area (TPSA) is 52.6 Å². The Hall–Kier alpha value is -0.770. The molecule has 0 heterocycles. The van der Waals surface area contributed by atoms with Crippen molar-refractivity contribution in [3.8, 4) is 0 Å². The van der Waals surface area contributed by atoms with E-state index in [0.717, 1.165) is 0 Å². The number of esters is 2. The summed E-state index contributed by atoms with van der Waals surface area (Å²) in [5.74, 6) is -0.543. The summed E-state index contributed by atoms with van der Waals surface area (Å²) in [6.45, 7) is 3.41. The van der Waals surface area contributed by atoms with E-state index in [2.05, 4.69) is 0 Å². The highest BCUT2D eigenvalue weighted by Crippen LogP contribution is 2.00. The molecule has 4 nitrogen and oxygen atoms in total. The summed E-state index contributed by atoms with van der Waals surface area (Å²) in [7, 11) is 0. The van der Waals surface area contributed by atoms with Crippen LogP contribution in [0.15, 0.2) is 0 Å². The molecule has 0 bridgehead atoms. The summed E-state index contributed by atoms with van der Waals surface area (Å²) in [5, 5.41) is 0. The Labute approximate surface area is 88.5 Å². The third-order valence-electron chi connectivity index (χ3n) is 1.48. The van der Waals surface area contributed by atoms with Gasteiger partial charge in [0.05, 0.1) is 5.88 Å². The van der Waals surface area contributed by atoms with Gasteiger partial charge in [-0.15, -0.1) is 11.6 Å². The first-order valence-corrected chi connectivity index (χ1v) is 5.08. The number of ether oxygens (including phenoxy) is 2. The van der Waals surface area contributed by atoms with Crippen LogP contribution in [0.3, 0.4) is 0 Å². The molecule has 0 fully saturated rings. The first-order chi connectivity index (χ1) is 6.63. The lowest BCUT2D eigenvalue weighted by atomic mass is 10.4. The van der Waals surface area contributed by atoms with Crippen LogP contribution in [-0.2, 0) is 19.1 Å². The Balaban J connectivity index is 3.79. The van der Waals surface area contributed by atoms with Gasteiger partial charge in [-0.1, -0.05) is 13.8 Å². The van der Waals surface area contributed by atoms with Crippen molar-refractivity contribution < 1.29 is 19.1 Å². The minimum atomic E-state index is -0.542. The lowest BCUT2D eigenvalue weighted by molar-refractivity contribution is -0.157. The molecule has 0 aliphatic heterocycles. The maximum absolute atomic E-state index is 10.9. The van der Waals surface area contributed by atoms with Gasteiger partial charge in [0.15, 0.2) is 0 Å². The quantitative estimate of drug-likeness (QED) is 0.505. The molecule has 0 aromatic rings. The van der Waals surface area contributed by atoms with E-state index in [1.807, 2.05) is 0 Å². The first kappa shape index (κ1) is 13.2. The number of hydrogen-bond donors (Lipinski definition) is 0. The summed E-state index contributed by atoms with van der Waals surface area (Å²) < 4.78 is 9.68. The second kappa shape index (κ2) is 7.62. The molecular weight excluding hydrogens is 208 g/mol. The van der Waals surface area contributed by atoms with Gasteiger partial charge in [0.2, 0.25) is 0 Å². The molecule has 0 aliphatic rings. The summed E-state index contributed by atoms with van der Waals surface area (Å²) in [6.07, 6.45) is 0.0471. The number of rotatable bonds is 6. The Morgan fingerprint density at radius 2 is 1.79 bits per heavy atom. The third kappa shape index (κ3) is 5.80. The Kier molecular flexibility index (Phi) is 7.20. The van der Waals surface area contributed by atoms with Crippen LogP contribution in [0, 0.1) is 0 Å². The molecule has 0 aromatic heterocycles. The molecule has 1 atom stereocenters. The standard InChI is InChI=1S/C9H15ClO4/c1-3-8(11)13-6-7(5-10)14-9(12)4-2/h7H,3-6H2,1-2H3. The van der Waals surface area contributed by atoms with Gasteiger partial charge in [-0.3, -0.25) is 9.59 Å². The van der Waals surface area contributed by atoms with Crippen molar-refractivity contribution in [2.75, 3.05) is 12.5 Å². The zero-order valence-electron chi connectivity index (χ0n) is 8.42. The van der Waals surface area contributed by atoms with Crippen molar-refractivity contribution in [3.63, 3.8) is 0 Å². The highest BCUT2D eigenvalue weighted by atomic mass is 35.5. The fraction of sp³-hybridized carbons (Fsp3) is 0.778. The van der Waals surface area contributed by atoms with Gasteiger partial charge in [0.1, 0.15) is 12.7 Å². The number of alkyl halides is 1. The average molecular weight is 223 g/mol. The van der Waals surface area contributed by atoms with E-state index in [9.17, 15) is 9.59 Å². The summed E-state index contributed by atoms with van der Waals surface area (Å²) in [4.78, 5) is 21.7. The fourth-order valence-electron chi connectivity index (χ4n) is 0.667. The molecule has 0 rings (SSSR count). The third-order valence-corrected chi connectivity index (χ3v) is 1.82. The van der Waals surface area contributed by atoms with Crippen molar-refractivity contribution in [3.05, 3.63) is 0 Å². The van der Waals surface area contributed by atoms with Crippen molar-refractivity contribution >= 4 is 23.5 Å². The monoisotopic (exact) mass is 222 g/mol. The van der Waals surface area contributed by atoms with Gasteiger partial charge in [0.25, 0.3) is 0 Å². The summed E-state index contributed by atoms with van der Waals surface area (Å²) in [5.41, 5.74) is 0. The van der Waals surface area contributed by atoms with Crippen LogP contribution in [0.5, 0.6) is 0 Å². The molecule has 0 saturated carbocycles. The predicted octanol–water partition coefficient (Wildman–Crippen LogP) is 1.50. The molecule has 1 unspecified atom stereocenters. The van der Waals surface area contributed by atoms with E-state index in [-0.39, 0.29) is 30.8 Å². The molecule has 0 saturated heterocycles. The smallest absolute Gasteiger partial charge is 0.305 e. The summed E-state index contributed by atoms with van der Waals surface area (Å²) >= 11 is 5.53. The van der Waals surface area contributed by atoms with E-state index in [1.54, 1.807) is 13.8 Å². The molecule has 0 radical (unpaired) electrons. The molecule has 14 heavy (non-hydrogen) atoms. The lowest BCUT2D eigenvalue weighted by Crippen LogP contribution is -2.26. The maximum Gasteiger partial charge on any atom is 0.305 e. The van der Waals surface area contributed by atoms with Crippen molar-refractivity contribution in [2.45, 2.75) is 32.8 Å². The Morgan fingerprint density at radius 3 is 2.21 bits per heavy atom. The maximum atomic E-state index is 10.9. The first-order valence-electron chi connectivity index (χ1n) is 4.55. The van der Waals surface area contributed by atoms with E-state index >= 15 is 0 Å². The molecule has 0 N–H and O–H groups in total. The number of halogens is 1. The van der Waals surface area contributed by atoms with E-state index in [1.165, 1.54) is 0 Å². The lowest BCUT2D eigenvalue weighted by Gasteiger charge is -2.14. The molecular formula is C9H15ClO4. The van der Waals surface area contributed by atoms with Crippen molar-refractivity contribution in [1.29, 1.82) is 0 Å². The minimum absolute atomic E-state index is 0.0297. The Bertz CT molecular complexity index is 193. The highest BCUT2D eigenvalue weighted by Gasteiger charge is 2.14. The molecule has 0 aromatic carbocycles. The second-order valence-electron chi connectivity index (χ2n) is 2.66. The van der Waals surface area contributed by atoms with Gasteiger partial charge in [-0.05, 0) is 0 Å². The van der Waals surface area contributed by atoms with Gasteiger partial charge in [-0.2, -0.15) is 0 Å². The second-order valence-corrected chi connectivity index (χ2v) is 2.96. The van der Waals surface area contributed by atoms with Crippen LogP contribution < -0.4 is 0 Å². The number of carbonyl (C=O) groups is 2. The Morgan fingerprint density at radius 1 is 1.21 bits per heavy atom. The fourth-order valence-corrected chi connectivity index (χ4v) is 0.819. The SMILES string of the molecule is CCC(=O)OCC(CCl)OC(=O)CC. The molecule has 5 heteroatoms. The highest BCUT2D eigenvalue weighted by molar-refractivity contribution is 6.18. The van der Waals surface area contributed by atoms with Crippen LogP contribution in [0.25, 0.3) is 0 Å². The normalized spacial score (nSPS) is 11.9. The molecule has 82 valence electrons. The number of hydrogen-bond acceptors (Lipinski definition) is 4. The molecule has 0 aliphatic carbocycles. The largest absolute Gasteiger partial charge is 0.462 e. The van der Waals surface area contributed by atoms with E-state index < -0.39 is 6.10 Å². The van der Waals surface area contributed by atoms with Gasteiger partial charge >= 0.3 is 11.9 Å². The van der Waals surface area contributed by atoms with Crippen molar-refractivity contribution in [2.24, 2.45) is 0 Å². The molecule has 0 amide bonds. The van der Waals surface area contributed by atoms with Crippen LogP contribution in [0.4, 0.5) is 0 Å². The van der Waals surface area contributed by atoms with Crippen LogP contribution >= 0.6 is 11.6 Å².